The SMILES string of the molecule is CN(CC(C)(C)O)C(=O)Nc1cc(Cl)ccc1N(C)C. The molecule has 1 aromatic carbocycles. The number of carbonyl (C=O) groups is 1. The molecule has 0 saturated carbocycles. The molecule has 1 rings (SSSR count). The van der Waals surface area contributed by atoms with Crippen LogP contribution < -0.4 is 10.2 Å². The number of urea groups is 1. The number of hydrogen-bond acceptors (Lipinski definition) is 3. The minimum atomic E-state index is -0.940. The van der Waals surface area contributed by atoms with Gasteiger partial charge >= 0.3 is 6.03 Å². The van der Waals surface area contributed by atoms with E-state index in [9.17, 15) is 9.90 Å². The van der Waals surface area contributed by atoms with Gasteiger partial charge in [0.1, 0.15) is 0 Å². The summed E-state index contributed by atoms with van der Waals surface area (Å²) in [5, 5.41) is 13.1. The fourth-order valence-electron chi connectivity index (χ4n) is 1.86. The van der Waals surface area contributed by atoms with Crippen molar-refractivity contribution < 1.29 is 9.90 Å². The number of rotatable bonds is 4. The van der Waals surface area contributed by atoms with Crippen LogP contribution in [-0.4, -0.2) is 49.3 Å². The molecule has 0 aliphatic rings. The van der Waals surface area contributed by atoms with Crippen LogP contribution in [-0.2, 0) is 0 Å². The number of nitrogens with zero attached hydrogens (tertiary/aromatic N) is 2. The lowest BCUT2D eigenvalue weighted by Gasteiger charge is -2.26. The zero-order valence-electron chi connectivity index (χ0n) is 12.6. The third-order valence-electron chi connectivity index (χ3n) is 2.65. The molecule has 0 aromatic heterocycles. The smallest absolute Gasteiger partial charge is 0.321 e. The molecule has 0 radical (unpaired) electrons. The number of benzene rings is 1. The molecule has 0 bridgehead atoms. The van der Waals surface area contributed by atoms with Gasteiger partial charge in [-0.3, -0.25) is 0 Å². The van der Waals surface area contributed by atoms with Crippen LogP contribution in [0.3, 0.4) is 0 Å². The van der Waals surface area contributed by atoms with Gasteiger partial charge < -0.3 is 20.2 Å². The van der Waals surface area contributed by atoms with Crippen molar-refractivity contribution in [3.8, 4) is 0 Å². The van der Waals surface area contributed by atoms with E-state index in [-0.39, 0.29) is 12.6 Å². The molecule has 0 fully saturated rings. The van der Waals surface area contributed by atoms with E-state index >= 15 is 0 Å². The Labute approximate surface area is 125 Å². The van der Waals surface area contributed by atoms with Crippen molar-refractivity contribution in [1.82, 2.24) is 4.90 Å². The Bertz CT molecular complexity index is 484. The molecule has 20 heavy (non-hydrogen) atoms. The second kappa shape index (κ2) is 6.33. The molecule has 6 heteroatoms. The van der Waals surface area contributed by atoms with Gasteiger partial charge in [-0.05, 0) is 32.0 Å². The largest absolute Gasteiger partial charge is 0.389 e. The summed E-state index contributed by atoms with van der Waals surface area (Å²) in [6.45, 7) is 3.54. The van der Waals surface area contributed by atoms with E-state index in [0.29, 0.717) is 10.7 Å². The van der Waals surface area contributed by atoms with E-state index in [0.717, 1.165) is 5.69 Å². The number of anilines is 2. The lowest BCUT2D eigenvalue weighted by molar-refractivity contribution is 0.0550. The van der Waals surface area contributed by atoms with Crippen molar-refractivity contribution in [2.75, 3.05) is 37.9 Å². The Hall–Kier alpha value is -1.46. The van der Waals surface area contributed by atoms with Crippen LogP contribution in [0.25, 0.3) is 0 Å². The minimum Gasteiger partial charge on any atom is -0.389 e. The summed E-state index contributed by atoms with van der Waals surface area (Å²) in [5.74, 6) is 0. The molecule has 2 N–H and O–H groups in total. The highest BCUT2D eigenvalue weighted by molar-refractivity contribution is 6.31. The highest BCUT2D eigenvalue weighted by atomic mass is 35.5. The predicted octanol–water partition coefficient (Wildman–Crippen LogP) is 2.64. The highest BCUT2D eigenvalue weighted by Gasteiger charge is 2.20. The third-order valence-corrected chi connectivity index (χ3v) is 2.89. The van der Waals surface area contributed by atoms with E-state index in [1.807, 2.05) is 25.1 Å². The van der Waals surface area contributed by atoms with Crippen molar-refractivity contribution in [3.05, 3.63) is 23.2 Å². The summed E-state index contributed by atoms with van der Waals surface area (Å²) in [6, 6.07) is 5.02. The predicted molar refractivity (Wildman–Crippen MR) is 83.7 cm³/mol. The molecule has 1 aromatic rings. The average molecular weight is 300 g/mol. The van der Waals surface area contributed by atoms with Gasteiger partial charge in [0, 0.05) is 26.2 Å². The van der Waals surface area contributed by atoms with Crippen LogP contribution in [0.2, 0.25) is 5.02 Å². The Balaban J connectivity index is 2.87. The van der Waals surface area contributed by atoms with Gasteiger partial charge in [-0.2, -0.15) is 0 Å². The van der Waals surface area contributed by atoms with Gasteiger partial charge in [-0.15, -0.1) is 0 Å². The van der Waals surface area contributed by atoms with Crippen molar-refractivity contribution in [2.45, 2.75) is 19.4 Å². The maximum Gasteiger partial charge on any atom is 0.321 e. The minimum absolute atomic E-state index is 0.233. The van der Waals surface area contributed by atoms with E-state index in [1.165, 1.54) is 4.90 Å². The first-order chi connectivity index (χ1) is 9.10. The van der Waals surface area contributed by atoms with Crippen LogP contribution >= 0.6 is 11.6 Å². The molecule has 0 aliphatic carbocycles. The normalized spacial score (nSPS) is 11.2. The summed E-state index contributed by atoms with van der Waals surface area (Å²) >= 11 is 5.97. The first-order valence-corrected chi connectivity index (χ1v) is 6.69. The first kappa shape index (κ1) is 16.6. The summed E-state index contributed by atoms with van der Waals surface area (Å²) < 4.78 is 0. The molecule has 0 saturated heterocycles. The molecule has 0 heterocycles. The number of nitrogens with one attached hydrogen (secondary N) is 1. The van der Waals surface area contributed by atoms with Crippen molar-refractivity contribution >= 4 is 29.0 Å². The monoisotopic (exact) mass is 299 g/mol. The summed E-state index contributed by atoms with van der Waals surface area (Å²) in [7, 11) is 5.41. The summed E-state index contributed by atoms with van der Waals surface area (Å²) in [5.41, 5.74) is 0.555. The fourth-order valence-corrected chi connectivity index (χ4v) is 2.03. The molecule has 0 aliphatic heterocycles. The lowest BCUT2D eigenvalue weighted by atomic mass is 10.1. The number of likely N-dealkylation sites (N-methyl/N-ethyl adjacent to an activating group) is 1. The maximum atomic E-state index is 12.1. The van der Waals surface area contributed by atoms with E-state index in [2.05, 4.69) is 5.32 Å². The summed E-state index contributed by atoms with van der Waals surface area (Å²) in [4.78, 5) is 15.4. The molecule has 112 valence electrons. The van der Waals surface area contributed by atoms with E-state index in [1.54, 1.807) is 33.0 Å². The average Bonchev–Trinajstić information content (AvgIpc) is 2.26. The zero-order chi connectivity index (χ0) is 15.5. The van der Waals surface area contributed by atoms with E-state index < -0.39 is 5.60 Å². The van der Waals surface area contributed by atoms with Crippen LogP contribution in [0.15, 0.2) is 18.2 Å². The zero-order valence-corrected chi connectivity index (χ0v) is 13.3. The van der Waals surface area contributed by atoms with Gasteiger partial charge in [0.15, 0.2) is 0 Å². The van der Waals surface area contributed by atoms with E-state index in [4.69, 9.17) is 11.6 Å². The Morgan fingerprint density at radius 1 is 1.35 bits per heavy atom. The molecule has 0 spiro atoms. The van der Waals surface area contributed by atoms with Gasteiger partial charge in [-0.1, -0.05) is 11.6 Å². The molecular weight excluding hydrogens is 278 g/mol. The van der Waals surface area contributed by atoms with Gasteiger partial charge in [0.25, 0.3) is 0 Å². The number of halogens is 1. The number of amides is 2. The topological polar surface area (TPSA) is 55.8 Å². The summed E-state index contributed by atoms with van der Waals surface area (Å²) in [6.07, 6.45) is 0. The Kier molecular flexibility index (Phi) is 5.25. The second-order valence-electron chi connectivity index (χ2n) is 5.65. The molecular formula is C14H22ClN3O2. The second-order valence-corrected chi connectivity index (χ2v) is 6.09. The first-order valence-electron chi connectivity index (χ1n) is 6.31. The molecule has 2 amide bonds. The van der Waals surface area contributed by atoms with Crippen LogP contribution in [0.5, 0.6) is 0 Å². The molecule has 0 atom stereocenters. The highest BCUT2D eigenvalue weighted by Crippen LogP contribution is 2.28. The third kappa shape index (κ3) is 4.90. The van der Waals surface area contributed by atoms with Gasteiger partial charge in [0.2, 0.25) is 0 Å². The van der Waals surface area contributed by atoms with Crippen molar-refractivity contribution in [1.29, 1.82) is 0 Å². The Morgan fingerprint density at radius 2 is 1.95 bits per heavy atom. The maximum absolute atomic E-state index is 12.1. The Morgan fingerprint density at radius 3 is 2.45 bits per heavy atom. The lowest BCUT2D eigenvalue weighted by Crippen LogP contribution is -2.41. The standard InChI is InChI=1S/C14H22ClN3O2/c1-14(2,20)9-18(5)13(19)16-11-8-10(15)6-7-12(11)17(3)4/h6-8,20H,9H2,1-5H3,(H,16,19). The fraction of sp³-hybridized carbons (Fsp3) is 0.500. The van der Waals surface area contributed by atoms with Gasteiger partial charge in [0.05, 0.1) is 23.5 Å². The molecule has 5 nitrogen and oxygen atoms in total. The van der Waals surface area contributed by atoms with Crippen molar-refractivity contribution in [2.24, 2.45) is 0 Å². The van der Waals surface area contributed by atoms with Crippen molar-refractivity contribution in [3.63, 3.8) is 0 Å². The van der Waals surface area contributed by atoms with Crippen LogP contribution in [0.1, 0.15) is 13.8 Å². The number of carbonyl (C=O) groups excluding carboxylic acids is 1. The van der Waals surface area contributed by atoms with Gasteiger partial charge in [-0.25, -0.2) is 4.79 Å². The van der Waals surface area contributed by atoms with Crippen LogP contribution in [0, 0.1) is 0 Å². The van der Waals surface area contributed by atoms with Crippen LogP contribution in [0.4, 0.5) is 16.2 Å². The quantitative estimate of drug-likeness (QED) is 0.898. The molecule has 0 unspecified atom stereocenters. The number of hydrogen-bond donors (Lipinski definition) is 2. The number of aliphatic hydroxyl groups is 1.